The molecule has 2 aliphatic heterocycles. The lowest BCUT2D eigenvalue weighted by Gasteiger charge is -2.35. The Bertz CT molecular complexity index is 1470. The summed E-state index contributed by atoms with van der Waals surface area (Å²) < 4.78 is 56.1. The first kappa shape index (κ1) is 26.8. The number of halogens is 2. The van der Waals surface area contributed by atoms with Crippen LogP contribution in [0.15, 0.2) is 36.9 Å². The van der Waals surface area contributed by atoms with Gasteiger partial charge < -0.3 is 14.9 Å². The van der Waals surface area contributed by atoms with Gasteiger partial charge in [-0.25, -0.2) is 31.8 Å². The van der Waals surface area contributed by atoms with Crippen LogP contribution in [0.25, 0.3) is 17.1 Å². The number of sulfonamides is 1. The maximum absolute atomic E-state index is 13.6. The lowest BCUT2D eigenvalue weighted by molar-refractivity contribution is -0.0222. The molecule has 3 aromatic rings. The predicted molar refractivity (Wildman–Crippen MR) is 146 cm³/mol. The van der Waals surface area contributed by atoms with E-state index in [1.807, 2.05) is 12.1 Å². The number of hydrogen-bond donors (Lipinski definition) is 2. The van der Waals surface area contributed by atoms with E-state index in [2.05, 4.69) is 29.7 Å². The van der Waals surface area contributed by atoms with Gasteiger partial charge in [0.15, 0.2) is 5.82 Å². The van der Waals surface area contributed by atoms with Gasteiger partial charge in [0.1, 0.15) is 6.33 Å². The molecule has 0 atom stereocenters. The van der Waals surface area contributed by atoms with E-state index in [1.54, 1.807) is 28.0 Å². The highest BCUT2D eigenvalue weighted by atomic mass is 32.2. The highest BCUT2D eigenvalue weighted by Gasteiger charge is 2.44. The third-order valence-electron chi connectivity index (χ3n) is 8.16. The van der Waals surface area contributed by atoms with Gasteiger partial charge in [-0.1, -0.05) is 0 Å². The van der Waals surface area contributed by atoms with E-state index in [1.165, 1.54) is 19.2 Å². The zero-order valence-corrected chi connectivity index (χ0v) is 22.8. The molecule has 0 radical (unpaired) electrons. The molecule has 0 amide bonds. The lowest BCUT2D eigenvalue weighted by Crippen LogP contribution is -2.40. The van der Waals surface area contributed by atoms with Crippen LogP contribution < -0.4 is 14.5 Å². The van der Waals surface area contributed by atoms with Crippen molar-refractivity contribution in [3.8, 4) is 17.1 Å². The molecule has 0 bridgehead atoms. The molecular formula is C26H32F2N8O3S. The van der Waals surface area contributed by atoms with Crippen LogP contribution in [0.3, 0.4) is 0 Å². The van der Waals surface area contributed by atoms with Gasteiger partial charge >= 0.3 is 0 Å². The number of rotatable bonds is 8. The summed E-state index contributed by atoms with van der Waals surface area (Å²) in [6.45, 7) is 1.60. The number of nitrogens with zero attached hydrogens (tertiary/aromatic N) is 7. The summed E-state index contributed by atoms with van der Waals surface area (Å²) in [4.78, 5) is 17.0. The third kappa shape index (κ3) is 5.73. The molecule has 1 spiro atoms. The Morgan fingerprint density at radius 3 is 2.38 bits per heavy atom. The van der Waals surface area contributed by atoms with Gasteiger partial charge in [-0.3, -0.25) is 4.72 Å². The molecule has 0 unspecified atom stereocenters. The second-order valence-electron chi connectivity index (χ2n) is 11.0. The fourth-order valence-electron chi connectivity index (χ4n) is 5.47. The fraction of sp³-hybridized carbons (Fsp3) is 0.538. The second-order valence-corrected chi connectivity index (χ2v) is 12.8. The van der Waals surface area contributed by atoms with Crippen molar-refractivity contribution in [3.63, 3.8) is 0 Å². The van der Waals surface area contributed by atoms with E-state index in [-0.39, 0.29) is 31.7 Å². The molecule has 2 aromatic heterocycles. The van der Waals surface area contributed by atoms with Gasteiger partial charge in [-0.05, 0) is 49.3 Å². The first-order valence-electron chi connectivity index (χ1n) is 13.5. The summed E-state index contributed by atoms with van der Waals surface area (Å²) in [7, 11) is -3.68. The second kappa shape index (κ2) is 10.2. The molecule has 3 aliphatic rings. The summed E-state index contributed by atoms with van der Waals surface area (Å²) in [6.07, 6.45) is 9.06. The summed E-state index contributed by atoms with van der Waals surface area (Å²) in [5, 5.41) is 13.7. The minimum absolute atomic E-state index is 0.171. The van der Waals surface area contributed by atoms with Gasteiger partial charge in [0.2, 0.25) is 16.0 Å². The minimum atomic E-state index is -3.68. The maximum atomic E-state index is 13.6. The number of hydrogen-bond acceptors (Lipinski definition) is 9. The van der Waals surface area contributed by atoms with E-state index in [9.17, 15) is 17.2 Å². The highest BCUT2D eigenvalue weighted by molar-refractivity contribution is 7.92. The SMILES string of the molecule is O=S(=O)(CCO)Nc1ccc(-n2cc(-c3ncnc(N4CCC(F)(F)CC4)n3)cn2)c(N2CCC3(CC2)CC3)c1. The Morgan fingerprint density at radius 2 is 1.68 bits per heavy atom. The molecule has 3 fully saturated rings. The van der Waals surface area contributed by atoms with Gasteiger partial charge in [-0.15, -0.1) is 0 Å². The lowest BCUT2D eigenvalue weighted by atomic mass is 9.93. The molecule has 1 aliphatic carbocycles. The third-order valence-corrected chi connectivity index (χ3v) is 9.42. The van der Waals surface area contributed by atoms with E-state index < -0.39 is 22.6 Å². The minimum Gasteiger partial charge on any atom is -0.395 e. The summed E-state index contributed by atoms with van der Waals surface area (Å²) >= 11 is 0. The summed E-state index contributed by atoms with van der Waals surface area (Å²) in [5.74, 6) is -2.30. The first-order chi connectivity index (χ1) is 19.1. The number of piperidine rings is 2. The molecule has 14 heteroatoms. The molecule has 6 rings (SSSR count). The quantitative estimate of drug-likeness (QED) is 0.417. The fourth-order valence-corrected chi connectivity index (χ4v) is 6.29. The first-order valence-corrected chi connectivity index (χ1v) is 15.2. The Kier molecular flexibility index (Phi) is 6.85. The van der Waals surface area contributed by atoms with Gasteiger partial charge in [0.05, 0.1) is 41.2 Å². The average Bonchev–Trinajstić information content (AvgIpc) is 3.49. The largest absolute Gasteiger partial charge is 0.395 e. The molecular weight excluding hydrogens is 542 g/mol. The molecule has 11 nitrogen and oxygen atoms in total. The van der Waals surface area contributed by atoms with Crippen molar-refractivity contribution in [2.45, 2.75) is 44.4 Å². The number of benzene rings is 1. The Morgan fingerprint density at radius 1 is 0.950 bits per heavy atom. The van der Waals surface area contributed by atoms with Crippen LogP contribution in [0.5, 0.6) is 0 Å². The molecule has 2 N–H and O–H groups in total. The Labute approximate surface area is 231 Å². The average molecular weight is 575 g/mol. The zero-order valence-electron chi connectivity index (χ0n) is 22.0. The number of anilines is 3. The van der Waals surface area contributed by atoms with Crippen molar-refractivity contribution >= 4 is 27.3 Å². The van der Waals surface area contributed by atoms with Crippen LogP contribution in [0, 0.1) is 5.41 Å². The Balaban J connectivity index is 1.28. The normalized spacial score (nSPS) is 20.1. The van der Waals surface area contributed by atoms with E-state index in [0.717, 1.165) is 37.3 Å². The van der Waals surface area contributed by atoms with Crippen LogP contribution >= 0.6 is 0 Å². The van der Waals surface area contributed by atoms with Crippen molar-refractivity contribution in [1.82, 2.24) is 24.7 Å². The smallest absolute Gasteiger partial charge is 0.251 e. The van der Waals surface area contributed by atoms with Crippen molar-refractivity contribution in [3.05, 3.63) is 36.9 Å². The molecule has 1 saturated carbocycles. The van der Waals surface area contributed by atoms with Gasteiger partial charge in [-0.2, -0.15) is 10.1 Å². The number of aromatic nitrogens is 5. The van der Waals surface area contributed by atoms with Crippen molar-refractivity contribution in [2.24, 2.45) is 5.41 Å². The van der Waals surface area contributed by atoms with Crippen LogP contribution in [0.1, 0.15) is 38.5 Å². The van der Waals surface area contributed by atoms with E-state index in [4.69, 9.17) is 5.11 Å². The summed E-state index contributed by atoms with van der Waals surface area (Å²) in [5.41, 5.74) is 3.15. The van der Waals surface area contributed by atoms with Gasteiger partial charge in [0.25, 0.3) is 5.92 Å². The number of nitrogens with one attached hydrogen (secondary N) is 1. The maximum Gasteiger partial charge on any atom is 0.251 e. The Hall–Kier alpha value is -3.39. The van der Waals surface area contributed by atoms with Crippen LogP contribution in [0.2, 0.25) is 0 Å². The van der Waals surface area contributed by atoms with Gasteiger partial charge in [0, 0.05) is 45.2 Å². The predicted octanol–water partition coefficient (Wildman–Crippen LogP) is 3.07. The van der Waals surface area contributed by atoms with Crippen molar-refractivity contribution in [1.29, 1.82) is 0 Å². The van der Waals surface area contributed by atoms with Crippen molar-refractivity contribution < 1.29 is 22.3 Å². The van der Waals surface area contributed by atoms with E-state index >= 15 is 0 Å². The van der Waals surface area contributed by atoms with Crippen LogP contribution in [-0.2, 0) is 10.0 Å². The molecule has 4 heterocycles. The zero-order chi connectivity index (χ0) is 28.0. The van der Waals surface area contributed by atoms with Crippen LogP contribution in [-0.4, -0.2) is 82.7 Å². The van der Waals surface area contributed by atoms with E-state index in [0.29, 0.717) is 28.4 Å². The number of aliphatic hydroxyl groups is 1. The molecule has 214 valence electrons. The number of aliphatic hydroxyl groups excluding tert-OH is 1. The number of alkyl halides is 2. The van der Waals surface area contributed by atoms with Crippen molar-refractivity contribution in [2.75, 3.05) is 53.1 Å². The summed E-state index contributed by atoms with van der Waals surface area (Å²) in [6, 6.07) is 5.30. The standard InChI is InChI=1S/C26H32F2N8O3S/c27-26(28)7-11-35(12-8-26)24-30-18-29-23(32-24)19-16-31-36(17-19)21-2-1-20(33-40(38,39)14-13-37)15-22(21)34-9-5-25(3-4-25)6-10-34/h1-2,15-18,33,37H,3-14H2. The highest BCUT2D eigenvalue weighted by Crippen LogP contribution is 2.54. The van der Waals surface area contributed by atoms with Crippen LogP contribution in [0.4, 0.5) is 26.1 Å². The molecule has 40 heavy (non-hydrogen) atoms. The molecule has 2 saturated heterocycles. The monoisotopic (exact) mass is 574 g/mol. The molecule has 1 aromatic carbocycles. The topological polar surface area (TPSA) is 129 Å².